The highest BCUT2D eigenvalue weighted by Crippen LogP contribution is 2.46. The zero-order chi connectivity index (χ0) is 28.1. The molecule has 39 heavy (non-hydrogen) atoms. The number of rotatable bonds is 5. The molecule has 1 saturated heterocycles. The first-order valence-corrected chi connectivity index (χ1v) is 13.4. The first-order chi connectivity index (χ1) is 18.5. The zero-order valence-corrected chi connectivity index (χ0v) is 23.6. The largest absolute Gasteiger partial charge is 0.507 e. The Kier molecular flexibility index (Phi) is 6.68. The van der Waals surface area contributed by atoms with Crippen LogP contribution in [0.15, 0.2) is 66.2 Å². The van der Waals surface area contributed by atoms with E-state index in [0.717, 1.165) is 15.8 Å². The second-order valence-electron chi connectivity index (χ2n) is 10.6. The Morgan fingerprint density at radius 1 is 1.00 bits per heavy atom. The monoisotopic (exact) mass is 542 g/mol. The molecule has 200 valence electrons. The molecule has 1 aliphatic rings. The van der Waals surface area contributed by atoms with Gasteiger partial charge in [0.2, 0.25) is 0 Å². The van der Waals surface area contributed by atoms with E-state index in [-0.39, 0.29) is 16.7 Å². The SMILES string of the molecule is COc1ccc2nc(N3C(=O)C(=O)/C(=C(/O)c4cc(C(C)(C)C)ccc4OC)C3c3cccc(C)c3)sc2c1. The number of carbonyl (C=O) groups excluding carboxylic acids is 2. The number of aryl methyl sites for hydroxylation is 1. The summed E-state index contributed by atoms with van der Waals surface area (Å²) >= 11 is 1.29. The van der Waals surface area contributed by atoms with Crippen LogP contribution in [0.2, 0.25) is 0 Å². The van der Waals surface area contributed by atoms with E-state index in [4.69, 9.17) is 9.47 Å². The lowest BCUT2D eigenvalue weighted by atomic mass is 9.85. The van der Waals surface area contributed by atoms with Crippen LogP contribution in [0.4, 0.5) is 5.13 Å². The number of hydrogen-bond acceptors (Lipinski definition) is 7. The molecule has 0 spiro atoms. The molecule has 1 aliphatic heterocycles. The average molecular weight is 543 g/mol. The molecule has 3 aromatic carbocycles. The summed E-state index contributed by atoms with van der Waals surface area (Å²) in [5, 5.41) is 12.1. The normalized spacial score (nSPS) is 17.2. The van der Waals surface area contributed by atoms with Crippen LogP contribution in [-0.4, -0.2) is 36.0 Å². The second kappa shape index (κ2) is 9.85. The lowest BCUT2D eigenvalue weighted by molar-refractivity contribution is -0.132. The molecule has 5 rings (SSSR count). The quantitative estimate of drug-likeness (QED) is 0.175. The Labute approximate surface area is 231 Å². The predicted octanol–water partition coefficient (Wildman–Crippen LogP) is 6.55. The zero-order valence-electron chi connectivity index (χ0n) is 22.7. The Hall–Kier alpha value is -4.17. The van der Waals surface area contributed by atoms with Crippen LogP contribution in [-0.2, 0) is 15.0 Å². The first kappa shape index (κ1) is 26.4. The van der Waals surface area contributed by atoms with Crippen molar-refractivity contribution in [2.45, 2.75) is 39.2 Å². The van der Waals surface area contributed by atoms with Gasteiger partial charge in [-0.25, -0.2) is 4.98 Å². The van der Waals surface area contributed by atoms with E-state index in [0.29, 0.717) is 33.3 Å². The second-order valence-corrected chi connectivity index (χ2v) is 11.6. The third-order valence-electron chi connectivity index (χ3n) is 6.91. The highest BCUT2D eigenvalue weighted by molar-refractivity contribution is 7.22. The lowest BCUT2D eigenvalue weighted by Gasteiger charge is -2.24. The third-order valence-corrected chi connectivity index (χ3v) is 7.93. The summed E-state index contributed by atoms with van der Waals surface area (Å²) < 4.78 is 11.7. The van der Waals surface area contributed by atoms with Crippen LogP contribution in [0.5, 0.6) is 11.5 Å². The number of ketones is 1. The summed E-state index contributed by atoms with van der Waals surface area (Å²) in [6.07, 6.45) is 0. The fourth-order valence-electron chi connectivity index (χ4n) is 4.81. The summed E-state index contributed by atoms with van der Waals surface area (Å²) in [6.45, 7) is 8.13. The van der Waals surface area contributed by atoms with Gasteiger partial charge >= 0.3 is 5.91 Å². The minimum atomic E-state index is -0.879. The number of ether oxygens (including phenoxy) is 2. The molecule has 0 aliphatic carbocycles. The summed E-state index contributed by atoms with van der Waals surface area (Å²) in [5.41, 5.74) is 3.41. The minimum absolute atomic E-state index is 0.00760. The van der Waals surface area contributed by atoms with E-state index in [1.54, 1.807) is 19.2 Å². The molecule has 8 heteroatoms. The summed E-state index contributed by atoms with van der Waals surface area (Å²) in [5.74, 6) is -0.741. The smallest absolute Gasteiger partial charge is 0.301 e. The topological polar surface area (TPSA) is 89.0 Å². The number of anilines is 1. The van der Waals surface area contributed by atoms with Gasteiger partial charge in [-0.2, -0.15) is 0 Å². The van der Waals surface area contributed by atoms with Crippen LogP contribution in [0.1, 0.15) is 49.1 Å². The van der Waals surface area contributed by atoms with Crippen molar-refractivity contribution in [1.82, 2.24) is 4.98 Å². The molecule has 1 atom stereocenters. The molecule has 7 nitrogen and oxygen atoms in total. The van der Waals surface area contributed by atoms with Gasteiger partial charge in [-0.05, 0) is 53.8 Å². The van der Waals surface area contributed by atoms with Gasteiger partial charge in [-0.3, -0.25) is 14.5 Å². The standard InChI is InChI=1S/C31H30N2O5S/c1-17-8-7-9-18(14-17)26-25(27(34)21-15-19(31(2,3)4)10-13-23(21)38-6)28(35)29(36)33(26)30-32-22-12-11-20(37-5)16-24(22)39-30/h7-16,26,34H,1-6H3/b27-25+. The van der Waals surface area contributed by atoms with Crippen LogP contribution < -0.4 is 14.4 Å². The highest BCUT2D eigenvalue weighted by Gasteiger charge is 2.48. The fraction of sp³-hybridized carbons (Fsp3) is 0.258. The van der Waals surface area contributed by atoms with Crippen molar-refractivity contribution >= 4 is 44.1 Å². The van der Waals surface area contributed by atoms with Gasteiger partial charge in [0, 0.05) is 0 Å². The number of aliphatic hydroxyl groups excluding tert-OH is 1. The van der Waals surface area contributed by atoms with E-state index in [1.807, 2.05) is 55.5 Å². The number of aliphatic hydroxyl groups is 1. The first-order valence-electron chi connectivity index (χ1n) is 12.5. The van der Waals surface area contributed by atoms with E-state index >= 15 is 0 Å². The van der Waals surface area contributed by atoms with Gasteiger partial charge in [0.1, 0.15) is 17.3 Å². The minimum Gasteiger partial charge on any atom is -0.507 e. The van der Waals surface area contributed by atoms with Crippen molar-refractivity contribution in [1.29, 1.82) is 0 Å². The van der Waals surface area contributed by atoms with Crippen molar-refractivity contribution in [2.75, 3.05) is 19.1 Å². The van der Waals surface area contributed by atoms with Crippen LogP contribution in [0, 0.1) is 6.92 Å². The highest BCUT2D eigenvalue weighted by atomic mass is 32.1. The molecule has 0 radical (unpaired) electrons. The van der Waals surface area contributed by atoms with Gasteiger partial charge in [0.05, 0.1) is 41.6 Å². The molecule has 1 fully saturated rings. The average Bonchev–Trinajstić information content (AvgIpc) is 3.44. The number of nitrogens with zero attached hydrogens (tertiary/aromatic N) is 2. The van der Waals surface area contributed by atoms with Crippen molar-refractivity contribution in [2.24, 2.45) is 0 Å². The number of amides is 1. The van der Waals surface area contributed by atoms with Crippen LogP contribution in [0.3, 0.4) is 0 Å². The van der Waals surface area contributed by atoms with Gasteiger partial charge in [0.25, 0.3) is 5.78 Å². The number of hydrogen-bond donors (Lipinski definition) is 1. The molecule has 1 amide bonds. The number of aromatic nitrogens is 1. The molecule has 0 bridgehead atoms. The van der Waals surface area contributed by atoms with E-state index in [9.17, 15) is 14.7 Å². The van der Waals surface area contributed by atoms with Crippen molar-refractivity contribution in [3.63, 3.8) is 0 Å². The van der Waals surface area contributed by atoms with Crippen molar-refractivity contribution in [3.8, 4) is 11.5 Å². The molecule has 0 saturated carbocycles. The lowest BCUT2D eigenvalue weighted by Crippen LogP contribution is -2.29. The van der Waals surface area contributed by atoms with Gasteiger partial charge in [0.15, 0.2) is 5.13 Å². The van der Waals surface area contributed by atoms with E-state index in [2.05, 4.69) is 25.8 Å². The van der Waals surface area contributed by atoms with Gasteiger partial charge < -0.3 is 14.6 Å². The van der Waals surface area contributed by atoms with Crippen molar-refractivity contribution in [3.05, 3.63) is 88.5 Å². The fourth-order valence-corrected chi connectivity index (χ4v) is 5.83. The Morgan fingerprint density at radius 3 is 2.44 bits per heavy atom. The summed E-state index contributed by atoms with van der Waals surface area (Å²) in [4.78, 5) is 33.4. The summed E-state index contributed by atoms with van der Waals surface area (Å²) in [6, 6.07) is 17.7. The summed E-state index contributed by atoms with van der Waals surface area (Å²) in [7, 11) is 3.09. The maximum atomic E-state index is 13.7. The number of fused-ring (bicyclic) bond motifs is 1. The van der Waals surface area contributed by atoms with Crippen molar-refractivity contribution < 1.29 is 24.2 Å². The number of methoxy groups -OCH3 is 2. The maximum absolute atomic E-state index is 13.7. The number of Topliss-reactive ketones (excluding diaryl/α,β-unsaturated/α-hetero) is 1. The number of benzene rings is 3. The Morgan fingerprint density at radius 2 is 1.77 bits per heavy atom. The molecule has 1 aromatic heterocycles. The Bertz CT molecular complexity index is 1650. The molecular weight excluding hydrogens is 512 g/mol. The molecule has 4 aromatic rings. The predicted molar refractivity (Wildman–Crippen MR) is 154 cm³/mol. The molecule has 1 unspecified atom stereocenters. The van der Waals surface area contributed by atoms with Gasteiger partial charge in [-0.15, -0.1) is 0 Å². The molecular formula is C31H30N2O5S. The maximum Gasteiger partial charge on any atom is 0.301 e. The third kappa shape index (κ3) is 4.65. The number of carbonyl (C=O) groups is 2. The Balaban J connectivity index is 1.76. The van der Waals surface area contributed by atoms with Gasteiger partial charge in [-0.1, -0.05) is 68.0 Å². The van der Waals surface area contributed by atoms with Crippen LogP contribution >= 0.6 is 11.3 Å². The van der Waals surface area contributed by atoms with E-state index in [1.165, 1.54) is 23.3 Å². The number of thiazole rings is 1. The van der Waals surface area contributed by atoms with Crippen LogP contribution in [0.25, 0.3) is 16.0 Å². The molecule has 2 heterocycles. The molecule has 1 N–H and O–H groups in total. The van der Waals surface area contributed by atoms with E-state index < -0.39 is 17.7 Å².